The summed E-state index contributed by atoms with van der Waals surface area (Å²) in [4.78, 5) is 44.1. The van der Waals surface area contributed by atoms with Crippen molar-refractivity contribution in [3.8, 4) is 11.5 Å². The summed E-state index contributed by atoms with van der Waals surface area (Å²) in [5.41, 5.74) is 4.93. The fourth-order valence-corrected chi connectivity index (χ4v) is 4.72. The van der Waals surface area contributed by atoms with E-state index in [0.717, 1.165) is 23.9 Å². The highest BCUT2D eigenvalue weighted by Crippen LogP contribution is 2.25. The fourth-order valence-electron chi connectivity index (χ4n) is 3.75. The molecule has 192 valence electrons. The van der Waals surface area contributed by atoms with Gasteiger partial charge in [-0.3, -0.25) is 4.79 Å². The van der Waals surface area contributed by atoms with Crippen LogP contribution in [-0.4, -0.2) is 44.0 Å². The van der Waals surface area contributed by atoms with Gasteiger partial charge in [0.05, 0.1) is 28.7 Å². The molecule has 2 aromatic carbocycles. The number of unbranched alkanes of at least 4 members (excludes halogenated alkanes) is 4. The zero-order valence-corrected chi connectivity index (χ0v) is 22.7. The first-order chi connectivity index (χ1) is 18.0. The monoisotopic (exact) mass is 583 g/mol. The van der Waals surface area contributed by atoms with E-state index in [0.29, 0.717) is 29.3 Å². The summed E-state index contributed by atoms with van der Waals surface area (Å²) in [5, 5.41) is 1.02. The molecule has 0 amide bonds. The van der Waals surface area contributed by atoms with E-state index in [1.807, 2.05) is 29.6 Å². The number of nitrogens with zero attached hydrogens (tertiary/aromatic N) is 3. The SMILES string of the molecule is CCCCCCCOC(=O)n1c(-c2cscn2)nc2ccccc21.O=C1OC(Br)C(=O)c2ccc1cc2. The second-order valence-corrected chi connectivity index (χ2v) is 9.88. The molecule has 0 saturated carbocycles. The van der Waals surface area contributed by atoms with Crippen LogP contribution in [0.25, 0.3) is 22.6 Å². The first kappa shape index (κ1) is 26.7. The van der Waals surface area contributed by atoms with E-state index in [1.165, 1.54) is 35.2 Å². The number of esters is 1. The largest absolute Gasteiger partial charge is 0.449 e. The molecule has 8 nitrogen and oxygen atoms in total. The van der Waals surface area contributed by atoms with Crippen LogP contribution in [0.3, 0.4) is 0 Å². The Morgan fingerprint density at radius 2 is 1.78 bits per heavy atom. The second kappa shape index (κ2) is 12.7. The van der Waals surface area contributed by atoms with Crippen molar-refractivity contribution in [3.05, 3.63) is 70.5 Å². The maximum atomic E-state index is 12.6. The Kier molecular flexibility index (Phi) is 9.19. The zero-order valence-electron chi connectivity index (χ0n) is 20.3. The number of imidazole rings is 1. The summed E-state index contributed by atoms with van der Waals surface area (Å²) >= 11 is 4.46. The van der Waals surface area contributed by atoms with Gasteiger partial charge >= 0.3 is 12.1 Å². The second-order valence-electron chi connectivity index (χ2n) is 8.32. The molecule has 0 N–H and O–H groups in total. The lowest BCUT2D eigenvalue weighted by molar-refractivity contribution is 0.0431. The van der Waals surface area contributed by atoms with Crippen LogP contribution in [0.15, 0.2) is 59.4 Å². The minimum atomic E-state index is -0.861. The number of ketones is 1. The lowest BCUT2D eigenvalue weighted by Gasteiger charge is -2.14. The molecule has 2 aliphatic heterocycles. The molecule has 0 spiro atoms. The predicted octanol–water partition coefficient (Wildman–Crippen LogP) is 6.88. The van der Waals surface area contributed by atoms with E-state index in [2.05, 4.69) is 32.8 Å². The quantitative estimate of drug-likeness (QED) is 0.133. The lowest BCUT2D eigenvalue weighted by Crippen LogP contribution is -2.24. The molecule has 0 radical (unpaired) electrons. The Hall–Kier alpha value is -3.37. The van der Waals surface area contributed by atoms with E-state index in [4.69, 9.17) is 9.47 Å². The molecule has 2 aromatic heterocycles. The topological polar surface area (TPSA) is 100 Å². The van der Waals surface area contributed by atoms with Gasteiger partial charge < -0.3 is 9.47 Å². The van der Waals surface area contributed by atoms with Gasteiger partial charge in [-0.2, -0.15) is 0 Å². The summed E-state index contributed by atoms with van der Waals surface area (Å²) in [5.74, 6) is -0.186. The molecule has 0 saturated heterocycles. The number of para-hydroxylation sites is 2. The number of Topliss-reactive ketones (excluding diaryl/α,β-unsaturated/α-hetero) is 1. The van der Waals surface area contributed by atoms with Crippen LogP contribution in [-0.2, 0) is 9.47 Å². The molecule has 4 aromatic rings. The van der Waals surface area contributed by atoms with Crippen LogP contribution < -0.4 is 0 Å². The van der Waals surface area contributed by atoms with Crippen molar-refractivity contribution < 1.29 is 23.9 Å². The molecule has 4 heterocycles. The number of carbonyl (C=O) groups excluding carboxylic acids is 3. The molecular weight excluding hydrogens is 558 g/mol. The molecule has 37 heavy (non-hydrogen) atoms. The van der Waals surface area contributed by atoms with Crippen LogP contribution in [0.5, 0.6) is 0 Å². The van der Waals surface area contributed by atoms with Crippen molar-refractivity contribution in [1.82, 2.24) is 14.5 Å². The molecule has 6 rings (SSSR count). The maximum Gasteiger partial charge on any atom is 0.420 e. The number of hydrogen-bond donors (Lipinski definition) is 0. The Bertz CT molecular complexity index is 1370. The molecule has 1 unspecified atom stereocenters. The molecule has 1 atom stereocenters. The van der Waals surface area contributed by atoms with Gasteiger partial charge in [0.25, 0.3) is 0 Å². The van der Waals surface area contributed by atoms with Crippen molar-refractivity contribution in [2.45, 2.75) is 44.0 Å². The number of carbonyl (C=O) groups is 3. The third-order valence-electron chi connectivity index (χ3n) is 5.70. The lowest BCUT2D eigenvalue weighted by atomic mass is 10.1. The molecule has 2 bridgehead atoms. The number of benzene rings is 2. The average Bonchev–Trinajstić information content (AvgIpc) is 3.58. The first-order valence-electron chi connectivity index (χ1n) is 12.0. The average molecular weight is 584 g/mol. The third kappa shape index (κ3) is 6.50. The molecular formula is C27H26BrN3O5S. The minimum Gasteiger partial charge on any atom is -0.449 e. The Morgan fingerprint density at radius 3 is 2.51 bits per heavy atom. The number of hydrogen-bond acceptors (Lipinski definition) is 8. The van der Waals surface area contributed by atoms with Crippen LogP contribution in [0.1, 0.15) is 59.7 Å². The highest BCUT2D eigenvalue weighted by Gasteiger charge is 2.25. The Labute approximate surface area is 226 Å². The summed E-state index contributed by atoms with van der Waals surface area (Å²) in [6.45, 7) is 2.62. The number of rotatable bonds is 7. The van der Waals surface area contributed by atoms with Crippen molar-refractivity contribution in [2.75, 3.05) is 6.61 Å². The predicted molar refractivity (Wildman–Crippen MR) is 145 cm³/mol. The summed E-state index contributed by atoms with van der Waals surface area (Å²) in [6, 6.07) is 14.0. The van der Waals surface area contributed by atoms with Crippen LogP contribution >= 0.6 is 27.3 Å². The molecule has 0 aliphatic carbocycles. The number of thiazole rings is 1. The van der Waals surface area contributed by atoms with Gasteiger partial charge in [-0.05, 0) is 46.6 Å². The fraction of sp³-hybridized carbons (Fsp3) is 0.296. The summed E-state index contributed by atoms with van der Waals surface area (Å²) < 4.78 is 11.8. The smallest absolute Gasteiger partial charge is 0.420 e. The number of ether oxygens (including phenoxy) is 2. The van der Waals surface area contributed by atoms with Crippen molar-refractivity contribution in [1.29, 1.82) is 0 Å². The Balaban J connectivity index is 0.000000207. The highest BCUT2D eigenvalue weighted by molar-refractivity contribution is 9.09. The van der Waals surface area contributed by atoms with Gasteiger partial charge in [0.15, 0.2) is 5.82 Å². The van der Waals surface area contributed by atoms with Crippen LogP contribution in [0, 0.1) is 0 Å². The van der Waals surface area contributed by atoms with Gasteiger partial charge in [0.2, 0.25) is 10.8 Å². The number of alkyl halides is 1. The minimum absolute atomic E-state index is 0.236. The van der Waals surface area contributed by atoms with Gasteiger partial charge in [0.1, 0.15) is 5.69 Å². The summed E-state index contributed by atoms with van der Waals surface area (Å²) in [7, 11) is 0. The number of aromatic nitrogens is 3. The van der Waals surface area contributed by atoms with Crippen molar-refractivity contribution in [3.63, 3.8) is 0 Å². The van der Waals surface area contributed by atoms with Crippen LogP contribution in [0.2, 0.25) is 0 Å². The normalized spacial score (nSPS) is 14.5. The molecule has 2 aliphatic rings. The molecule has 10 heteroatoms. The number of fused-ring (bicyclic) bond motifs is 6. The first-order valence-corrected chi connectivity index (χ1v) is 13.9. The third-order valence-corrected chi connectivity index (χ3v) is 6.89. The van der Waals surface area contributed by atoms with Crippen molar-refractivity contribution in [2.24, 2.45) is 0 Å². The zero-order chi connectivity index (χ0) is 26.2. The molecule has 0 fully saturated rings. The van der Waals surface area contributed by atoms with Crippen LogP contribution in [0.4, 0.5) is 4.79 Å². The van der Waals surface area contributed by atoms with Gasteiger partial charge in [-0.1, -0.05) is 56.9 Å². The highest BCUT2D eigenvalue weighted by atomic mass is 79.9. The van der Waals surface area contributed by atoms with E-state index in [-0.39, 0.29) is 11.9 Å². The summed E-state index contributed by atoms with van der Waals surface area (Å²) in [6.07, 6.45) is 5.22. The standard InChI is InChI=1S/C18H21N3O2S.C9H5BrO3/c1-2-3-4-5-8-11-23-18(22)21-16-10-7-6-9-14(16)20-17(21)15-12-24-13-19-15;10-8-7(11)5-1-3-6(4-2-5)9(12)13-8/h6-7,9-10,12-13H,2-5,8,11H2,1H3;1-4,8H. The van der Waals surface area contributed by atoms with Gasteiger partial charge in [0, 0.05) is 10.9 Å². The van der Waals surface area contributed by atoms with Gasteiger partial charge in [-0.15, -0.1) is 11.3 Å². The van der Waals surface area contributed by atoms with E-state index < -0.39 is 11.0 Å². The van der Waals surface area contributed by atoms with E-state index >= 15 is 0 Å². The van der Waals surface area contributed by atoms with E-state index in [9.17, 15) is 14.4 Å². The Morgan fingerprint density at radius 1 is 1.05 bits per heavy atom. The maximum absolute atomic E-state index is 12.6. The van der Waals surface area contributed by atoms with Gasteiger partial charge in [-0.25, -0.2) is 24.1 Å². The number of halogens is 1. The van der Waals surface area contributed by atoms with Crippen molar-refractivity contribution >= 4 is 56.1 Å². The van der Waals surface area contributed by atoms with E-state index in [1.54, 1.807) is 29.8 Å².